The van der Waals surface area contributed by atoms with Crippen LogP contribution >= 0.6 is 0 Å². The highest BCUT2D eigenvalue weighted by molar-refractivity contribution is 6.10. The third-order valence-electron chi connectivity index (χ3n) is 5.41. The largest absolute Gasteiger partial charge is 0.383 e. The molecule has 0 unspecified atom stereocenters. The van der Waals surface area contributed by atoms with E-state index in [2.05, 4.69) is 33.8 Å². The Labute approximate surface area is 191 Å². The van der Waals surface area contributed by atoms with E-state index in [0.29, 0.717) is 23.1 Å². The molecule has 0 radical (unpaired) electrons. The van der Waals surface area contributed by atoms with Crippen LogP contribution in [0.5, 0.6) is 0 Å². The molecule has 0 aliphatic carbocycles. The molecule has 0 atom stereocenters. The molecule has 33 heavy (non-hydrogen) atoms. The third kappa shape index (κ3) is 4.68. The van der Waals surface area contributed by atoms with Gasteiger partial charge in [0.2, 0.25) is 0 Å². The topological polar surface area (TPSA) is 67.7 Å². The van der Waals surface area contributed by atoms with Crippen molar-refractivity contribution >= 4 is 17.4 Å². The molecule has 4 rings (SSSR count). The lowest BCUT2D eigenvalue weighted by molar-refractivity contribution is 0.402. The molecule has 7 heteroatoms. The molecular weight excluding hydrogens is 422 g/mol. The number of allylic oxidation sites excluding steroid dienone is 4. The van der Waals surface area contributed by atoms with Gasteiger partial charge in [0.25, 0.3) is 0 Å². The number of benzene rings is 2. The first-order valence-corrected chi connectivity index (χ1v) is 10.4. The Balaban J connectivity index is 1.61. The molecule has 0 spiro atoms. The number of nitrogens with zero attached hydrogens (tertiary/aromatic N) is 3. The maximum atomic E-state index is 14.4. The Morgan fingerprint density at radius 1 is 1.12 bits per heavy atom. The van der Waals surface area contributed by atoms with Crippen LogP contribution in [0.4, 0.5) is 8.78 Å². The maximum Gasteiger partial charge on any atom is 0.174 e. The first-order chi connectivity index (χ1) is 15.8. The summed E-state index contributed by atoms with van der Waals surface area (Å²) in [5.41, 5.74) is 10.8. The van der Waals surface area contributed by atoms with Gasteiger partial charge in [-0.15, -0.1) is 0 Å². The van der Waals surface area contributed by atoms with Crippen molar-refractivity contribution < 1.29 is 13.3 Å². The van der Waals surface area contributed by atoms with Crippen LogP contribution in [0, 0.1) is 11.6 Å². The zero-order valence-electron chi connectivity index (χ0n) is 18.5. The number of hydrogen-bond acceptors (Lipinski definition) is 5. The van der Waals surface area contributed by atoms with Gasteiger partial charge in [-0.1, -0.05) is 54.2 Å². The highest BCUT2D eigenvalue weighted by Crippen LogP contribution is 2.36. The molecule has 2 N–H and O–H groups in total. The highest BCUT2D eigenvalue weighted by atomic mass is 19.2. The van der Waals surface area contributed by atoms with E-state index in [1.54, 1.807) is 6.21 Å². The van der Waals surface area contributed by atoms with Crippen molar-refractivity contribution in [3.8, 4) is 11.1 Å². The van der Waals surface area contributed by atoms with Gasteiger partial charge in [-0.2, -0.15) is 0 Å². The summed E-state index contributed by atoms with van der Waals surface area (Å²) in [4.78, 5) is 6.51. The van der Waals surface area contributed by atoms with E-state index in [4.69, 9.17) is 10.3 Å². The van der Waals surface area contributed by atoms with E-state index >= 15 is 0 Å². The van der Waals surface area contributed by atoms with Gasteiger partial charge in [0.15, 0.2) is 17.4 Å². The summed E-state index contributed by atoms with van der Waals surface area (Å²) >= 11 is 0. The molecule has 1 aliphatic rings. The summed E-state index contributed by atoms with van der Waals surface area (Å²) in [5, 5.41) is 3.78. The zero-order valence-corrected chi connectivity index (χ0v) is 18.5. The van der Waals surface area contributed by atoms with E-state index in [9.17, 15) is 8.78 Å². The second-order valence-electron chi connectivity index (χ2n) is 8.07. The molecule has 1 aromatic heterocycles. The van der Waals surface area contributed by atoms with Crippen molar-refractivity contribution in [3.05, 3.63) is 101 Å². The molecular formula is C26H24F2N4O. The standard InChI is InChI=1S/C26H24F2N4O/c1-16(25-22(14-31-33-25)21-5-4-6-23(27)24(21)28)20-12-11-19(13-30-26(20)29)18-9-7-17(8-10-18)15-32(2)3/h4-11,13-14H,1,12,15,29H2,2-3H3. The first kappa shape index (κ1) is 22.4. The Morgan fingerprint density at radius 2 is 1.88 bits per heavy atom. The Bertz CT molecular complexity index is 1280. The predicted octanol–water partition coefficient (Wildman–Crippen LogP) is 5.42. The molecule has 5 nitrogen and oxygen atoms in total. The summed E-state index contributed by atoms with van der Waals surface area (Å²) in [7, 11) is 4.06. The smallest absolute Gasteiger partial charge is 0.174 e. The van der Waals surface area contributed by atoms with Crippen molar-refractivity contribution in [3.63, 3.8) is 0 Å². The predicted molar refractivity (Wildman–Crippen MR) is 127 cm³/mol. The molecule has 0 amide bonds. The van der Waals surface area contributed by atoms with Crippen LogP contribution in [0.1, 0.15) is 23.3 Å². The Hall–Kier alpha value is -3.84. The summed E-state index contributed by atoms with van der Waals surface area (Å²) in [6, 6.07) is 12.2. The second-order valence-corrected chi connectivity index (χ2v) is 8.07. The van der Waals surface area contributed by atoms with E-state index in [1.807, 2.05) is 32.3 Å². The minimum absolute atomic E-state index is 0.0396. The molecule has 3 aromatic rings. The monoisotopic (exact) mass is 446 g/mol. The van der Waals surface area contributed by atoms with Gasteiger partial charge in [-0.05, 0) is 43.3 Å². The van der Waals surface area contributed by atoms with Crippen LogP contribution in [-0.2, 0) is 6.54 Å². The van der Waals surface area contributed by atoms with E-state index < -0.39 is 11.6 Å². The van der Waals surface area contributed by atoms with Crippen molar-refractivity contribution in [1.29, 1.82) is 0 Å². The lowest BCUT2D eigenvalue weighted by atomic mass is 9.95. The molecule has 2 heterocycles. The molecule has 0 saturated carbocycles. The Morgan fingerprint density at radius 3 is 2.61 bits per heavy atom. The average Bonchev–Trinajstić information content (AvgIpc) is 3.19. The van der Waals surface area contributed by atoms with Gasteiger partial charge < -0.3 is 15.2 Å². The molecule has 168 valence electrons. The number of aliphatic imine (C=N–C) groups is 1. The molecule has 0 saturated heterocycles. The minimum Gasteiger partial charge on any atom is -0.383 e. The molecule has 0 fully saturated rings. The lowest BCUT2D eigenvalue weighted by Crippen LogP contribution is -2.10. The highest BCUT2D eigenvalue weighted by Gasteiger charge is 2.22. The van der Waals surface area contributed by atoms with Gasteiger partial charge in [0, 0.05) is 29.5 Å². The van der Waals surface area contributed by atoms with Crippen LogP contribution in [-0.4, -0.2) is 30.4 Å². The zero-order chi connectivity index (χ0) is 23.5. The van der Waals surface area contributed by atoms with Crippen LogP contribution < -0.4 is 5.73 Å². The van der Waals surface area contributed by atoms with Crippen LogP contribution in [0.15, 0.2) is 82.2 Å². The molecule has 2 aromatic carbocycles. The van der Waals surface area contributed by atoms with E-state index in [-0.39, 0.29) is 17.1 Å². The first-order valence-electron chi connectivity index (χ1n) is 10.4. The molecule has 0 bridgehead atoms. The third-order valence-corrected chi connectivity index (χ3v) is 5.41. The summed E-state index contributed by atoms with van der Waals surface area (Å²) in [5.74, 6) is -1.43. The molecule has 1 aliphatic heterocycles. The van der Waals surface area contributed by atoms with Gasteiger partial charge in [0.1, 0.15) is 5.82 Å². The minimum atomic E-state index is -0.976. The van der Waals surface area contributed by atoms with Crippen LogP contribution in [0.2, 0.25) is 0 Å². The van der Waals surface area contributed by atoms with Gasteiger partial charge in [-0.25, -0.2) is 13.8 Å². The Kier molecular flexibility index (Phi) is 6.33. The fourth-order valence-electron chi connectivity index (χ4n) is 3.72. The van der Waals surface area contributed by atoms with Crippen molar-refractivity contribution in [2.24, 2.45) is 10.7 Å². The normalized spacial score (nSPS) is 13.9. The fourth-order valence-corrected chi connectivity index (χ4v) is 3.72. The second kappa shape index (κ2) is 9.34. The number of rotatable bonds is 6. The number of nitrogens with two attached hydrogens (primary N) is 1. The van der Waals surface area contributed by atoms with Crippen molar-refractivity contribution in [2.45, 2.75) is 13.0 Å². The van der Waals surface area contributed by atoms with Gasteiger partial charge >= 0.3 is 0 Å². The van der Waals surface area contributed by atoms with Gasteiger partial charge in [0.05, 0.1) is 11.8 Å². The quantitative estimate of drug-likeness (QED) is 0.549. The van der Waals surface area contributed by atoms with Gasteiger partial charge in [-0.3, -0.25) is 0 Å². The lowest BCUT2D eigenvalue weighted by Gasteiger charge is -2.10. The number of halogens is 2. The summed E-state index contributed by atoms with van der Waals surface area (Å²) in [6.07, 6.45) is 5.49. The summed E-state index contributed by atoms with van der Waals surface area (Å²) in [6.45, 7) is 4.95. The van der Waals surface area contributed by atoms with Crippen LogP contribution in [0.25, 0.3) is 22.3 Å². The van der Waals surface area contributed by atoms with E-state index in [0.717, 1.165) is 23.7 Å². The number of aromatic nitrogens is 1. The van der Waals surface area contributed by atoms with Crippen molar-refractivity contribution in [1.82, 2.24) is 10.1 Å². The fraction of sp³-hybridized carbons (Fsp3) is 0.154. The van der Waals surface area contributed by atoms with E-state index in [1.165, 1.54) is 23.9 Å². The average molecular weight is 447 g/mol. The van der Waals surface area contributed by atoms with Crippen LogP contribution in [0.3, 0.4) is 0 Å². The SMILES string of the molecule is C=C(C1=C(N)N=CC(c2ccc(CN(C)C)cc2)=CC1)c1oncc1-c1cccc(F)c1F. The number of hydrogen-bond donors (Lipinski definition) is 1. The van der Waals surface area contributed by atoms with Crippen molar-refractivity contribution in [2.75, 3.05) is 14.1 Å². The summed E-state index contributed by atoms with van der Waals surface area (Å²) < 4.78 is 33.5. The maximum absolute atomic E-state index is 14.4.